The first kappa shape index (κ1) is 11.2. The Morgan fingerprint density at radius 3 is 3.00 bits per heavy atom. The number of benzene rings is 1. The topological polar surface area (TPSA) is 44.0 Å². The zero-order valence-corrected chi connectivity index (χ0v) is 9.66. The van der Waals surface area contributed by atoms with Crippen LogP contribution in [0, 0.1) is 18.3 Å². The quantitative estimate of drug-likeness (QED) is 0.841. The standard InChI is InChI=1S/C14H17NO/c1-10-2-3-11-4-5-12(6-8-15)14(11)13(10)7-9-16/h2-3,12,16H,4-7,9H2,1H3. The lowest BCUT2D eigenvalue weighted by Crippen LogP contribution is -2.03. The maximum Gasteiger partial charge on any atom is 0.0628 e. The van der Waals surface area contributed by atoms with E-state index in [4.69, 9.17) is 10.4 Å². The summed E-state index contributed by atoms with van der Waals surface area (Å²) in [6.45, 7) is 2.28. The third kappa shape index (κ3) is 1.83. The SMILES string of the molecule is Cc1ccc2c(c1CCO)C(CC#N)CC2. The smallest absolute Gasteiger partial charge is 0.0628 e. The molecule has 0 amide bonds. The van der Waals surface area contributed by atoms with Gasteiger partial charge in [-0.1, -0.05) is 12.1 Å². The molecule has 0 spiro atoms. The monoisotopic (exact) mass is 215 g/mol. The predicted octanol–water partition coefficient (Wildman–Crippen LogP) is 2.47. The van der Waals surface area contributed by atoms with Crippen molar-refractivity contribution >= 4 is 0 Å². The van der Waals surface area contributed by atoms with Crippen LogP contribution in [0.25, 0.3) is 0 Å². The number of aliphatic hydroxyl groups excluding tert-OH is 1. The van der Waals surface area contributed by atoms with Gasteiger partial charge in [-0.3, -0.25) is 0 Å². The highest BCUT2D eigenvalue weighted by Gasteiger charge is 2.25. The number of aryl methyl sites for hydroxylation is 2. The molecule has 16 heavy (non-hydrogen) atoms. The van der Waals surface area contributed by atoms with Gasteiger partial charge >= 0.3 is 0 Å². The molecule has 2 rings (SSSR count). The average molecular weight is 215 g/mol. The first-order valence-electron chi connectivity index (χ1n) is 5.87. The van der Waals surface area contributed by atoms with Crippen molar-refractivity contribution in [3.8, 4) is 6.07 Å². The maximum atomic E-state index is 9.13. The van der Waals surface area contributed by atoms with E-state index < -0.39 is 0 Å². The summed E-state index contributed by atoms with van der Waals surface area (Å²) < 4.78 is 0. The molecule has 0 aliphatic heterocycles. The Morgan fingerprint density at radius 2 is 2.31 bits per heavy atom. The van der Waals surface area contributed by atoms with Gasteiger partial charge in [-0.05, 0) is 54.4 Å². The summed E-state index contributed by atoms with van der Waals surface area (Å²) >= 11 is 0. The number of hydrogen-bond donors (Lipinski definition) is 1. The molecular formula is C14H17NO. The minimum Gasteiger partial charge on any atom is -0.396 e. The molecule has 84 valence electrons. The molecule has 1 N–H and O–H groups in total. The van der Waals surface area contributed by atoms with Crippen molar-refractivity contribution in [3.05, 3.63) is 34.4 Å². The first-order chi connectivity index (χ1) is 7.77. The van der Waals surface area contributed by atoms with Crippen LogP contribution < -0.4 is 0 Å². The number of aliphatic hydroxyl groups is 1. The zero-order valence-electron chi connectivity index (χ0n) is 9.66. The molecular weight excluding hydrogens is 198 g/mol. The highest BCUT2D eigenvalue weighted by atomic mass is 16.2. The Labute approximate surface area is 96.5 Å². The van der Waals surface area contributed by atoms with Crippen molar-refractivity contribution in [2.75, 3.05) is 6.61 Å². The number of rotatable bonds is 3. The van der Waals surface area contributed by atoms with Crippen molar-refractivity contribution in [3.63, 3.8) is 0 Å². The molecule has 1 atom stereocenters. The van der Waals surface area contributed by atoms with Gasteiger partial charge in [0.1, 0.15) is 0 Å². The van der Waals surface area contributed by atoms with Gasteiger partial charge in [0.2, 0.25) is 0 Å². The molecule has 0 heterocycles. The van der Waals surface area contributed by atoms with Gasteiger partial charge in [0, 0.05) is 13.0 Å². The van der Waals surface area contributed by atoms with Gasteiger partial charge < -0.3 is 5.11 Å². The first-order valence-corrected chi connectivity index (χ1v) is 5.87. The van der Waals surface area contributed by atoms with Gasteiger partial charge in [0.05, 0.1) is 6.07 Å². The van der Waals surface area contributed by atoms with Crippen LogP contribution in [0.1, 0.15) is 41.0 Å². The van der Waals surface area contributed by atoms with E-state index in [1.165, 1.54) is 22.3 Å². The highest BCUT2D eigenvalue weighted by Crippen LogP contribution is 2.38. The Balaban J connectivity index is 2.45. The summed E-state index contributed by atoms with van der Waals surface area (Å²) in [6, 6.07) is 6.60. The molecule has 0 radical (unpaired) electrons. The van der Waals surface area contributed by atoms with Crippen LogP contribution in [0.3, 0.4) is 0 Å². The largest absolute Gasteiger partial charge is 0.396 e. The van der Waals surface area contributed by atoms with Crippen molar-refractivity contribution < 1.29 is 5.11 Å². The van der Waals surface area contributed by atoms with Gasteiger partial charge in [0.15, 0.2) is 0 Å². The van der Waals surface area contributed by atoms with Crippen molar-refractivity contribution in [1.29, 1.82) is 5.26 Å². The Bertz CT molecular complexity index is 431. The fourth-order valence-corrected chi connectivity index (χ4v) is 2.78. The molecule has 0 saturated heterocycles. The lowest BCUT2D eigenvalue weighted by molar-refractivity contribution is 0.299. The maximum absolute atomic E-state index is 9.13. The third-order valence-corrected chi connectivity index (χ3v) is 3.55. The summed E-state index contributed by atoms with van der Waals surface area (Å²) in [5.41, 5.74) is 5.26. The molecule has 0 saturated carbocycles. The molecule has 1 aliphatic rings. The molecule has 1 aliphatic carbocycles. The molecule has 1 unspecified atom stereocenters. The summed E-state index contributed by atoms with van der Waals surface area (Å²) in [5.74, 6) is 0.390. The van der Waals surface area contributed by atoms with Gasteiger partial charge in [-0.2, -0.15) is 5.26 Å². The summed E-state index contributed by atoms with van der Waals surface area (Å²) in [7, 11) is 0. The highest BCUT2D eigenvalue weighted by molar-refractivity contribution is 5.46. The van der Waals surface area contributed by atoms with Gasteiger partial charge in [-0.25, -0.2) is 0 Å². The lowest BCUT2D eigenvalue weighted by Gasteiger charge is -2.15. The van der Waals surface area contributed by atoms with E-state index in [0.29, 0.717) is 12.3 Å². The lowest BCUT2D eigenvalue weighted by atomic mass is 9.89. The van der Waals surface area contributed by atoms with E-state index in [1.54, 1.807) is 0 Å². The third-order valence-electron chi connectivity index (χ3n) is 3.55. The van der Waals surface area contributed by atoms with Crippen LogP contribution in [0.4, 0.5) is 0 Å². The minimum absolute atomic E-state index is 0.191. The van der Waals surface area contributed by atoms with Crippen molar-refractivity contribution in [1.82, 2.24) is 0 Å². The van der Waals surface area contributed by atoms with Crippen molar-refractivity contribution in [2.45, 2.75) is 38.5 Å². The Kier molecular flexibility index (Phi) is 3.26. The van der Waals surface area contributed by atoms with Crippen molar-refractivity contribution in [2.24, 2.45) is 0 Å². The van der Waals surface area contributed by atoms with Crippen LogP contribution in [0.15, 0.2) is 12.1 Å². The van der Waals surface area contributed by atoms with Crippen LogP contribution in [-0.2, 0) is 12.8 Å². The average Bonchev–Trinajstić information content (AvgIpc) is 2.67. The molecule has 2 nitrogen and oxygen atoms in total. The van der Waals surface area contributed by atoms with E-state index in [0.717, 1.165) is 19.3 Å². The molecule has 0 aromatic heterocycles. The second kappa shape index (κ2) is 4.67. The predicted molar refractivity (Wildman–Crippen MR) is 63.3 cm³/mol. The molecule has 2 heteroatoms. The van der Waals surface area contributed by atoms with E-state index in [1.807, 2.05) is 0 Å². The van der Waals surface area contributed by atoms with Gasteiger partial charge in [0.25, 0.3) is 0 Å². The summed E-state index contributed by atoms with van der Waals surface area (Å²) in [4.78, 5) is 0. The second-order valence-electron chi connectivity index (χ2n) is 4.51. The van der Waals surface area contributed by atoms with Gasteiger partial charge in [-0.15, -0.1) is 0 Å². The van der Waals surface area contributed by atoms with E-state index in [-0.39, 0.29) is 6.61 Å². The number of nitrogens with zero attached hydrogens (tertiary/aromatic N) is 1. The molecule has 1 aromatic rings. The normalized spacial score (nSPS) is 18.2. The zero-order chi connectivity index (χ0) is 11.5. The fourth-order valence-electron chi connectivity index (χ4n) is 2.78. The van der Waals surface area contributed by atoms with E-state index in [9.17, 15) is 0 Å². The summed E-state index contributed by atoms with van der Waals surface area (Å²) in [5, 5.41) is 18.0. The fraction of sp³-hybridized carbons (Fsp3) is 0.500. The molecule has 1 aromatic carbocycles. The molecule has 0 fully saturated rings. The van der Waals surface area contributed by atoms with Crippen LogP contribution >= 0.6 is 0 Å². The minimum atomic E-state index is 0.191. The van der Waals surface area contributed by atoms with Crippen LogP contribution in [0.5, 0.6) is 0 Å². The van der Waals surface area contributed by atoms with E-state index in [2.05, 4.69) is 25.1 Å². The van der Waals surface area contributed by atoms with E-state index >= 15 is 0 Å². The summed E-state index contributed by atoms with van der Waals surface area (Å²) in [6.07, 6.45) is 3.50. The number of fused-ring (bicyclic) bond motifs is 1. The second-order valence-corrected chi connectivity index (χ2v) is 4.51. The number of hydrogen-bond acceptors (Lipinski definition) is 2. The Hall–Kier alpha value is -1.33. The van der Waals surface area contributed by atoms with Crippen LogP contribution in [0.2, 0.25) is 0 Å². The molecule has 0 bridgehead atoms. The Morgan fingerprint density at radius 1 is 1.50 bits per heavy atom. The number of nitriles is 1. The van der Waals surface area contributed by atoms with Crippen LogP contribution in [-0.4, -0.2) is 11.7 Å².